The van der Waals surface area contributed by atoms with Crippen molar-refractivity contribution in [2.45, 2.75) is 54.1 Å². The summed E-state index contributed by atoms with van der Waals surface area (Å²) >= 11 is 0. The minimum atomic E-state index is -3.03. The molecule has 2 saturated heterocycles. The number of nitrogen functional groups attached to an aromatic ring is 1. The number of nitrogens with two attached hydrogens (primary N) is 1. The van der Waals surface area contributed by atoms with Crippen molar-refractivity contribution in [1.29, 1.82) is 0 Å². The summed E-state index contributed by atoms with van der Waals surface area (Å²) in [6, 6.07) is 5.69. The van der Waals surface area contributed by atoms with Crippen LogP contribution in [-0.4, -0.2) is 115 Å². The van der Waals surface area contributed by atoms with Gasteiger partial charge in [0.2, 0.25) is 6.29 Å². The van der Waals surface area contributed by atoms with Gasteiger partial charge in [0.1, 0.15) is 42.4 Å². The molecule has 30 heavy (non-hydrogen) atoms. The highest BCUT2D eigenvalue weighted by Gasteiger charge is 2.73. The molecular weight excluding hydrogens is 406 g/mol. The molecule has 0 amide bonds. The SMILES string of the molecule is Nc1ccc(O[C@H]2O[C@H](CO)[C@@H](O)[C@H](O)[C@]2(O)[C@]2(O)[C@H](O)[C@@H](O)CO[C@@H]2CO)cc1. The zero-order valence-electron chi connectivity index (χ0n) is 15.9. The third-order valence-electron chi connectivity index (χ3n) is 5.70. The maximum atomic E-state index is 11.5. The number of anilines is 1. The Balaban J connectivity index is 2.09. The standard InChI is InChI=1S/C18H27NO11/c19-8-1-3-9(4-2-8)29-16-18(27,15(25)13(23)11(5-20)30-16)17(26)12(6-21)28-7-10(22)14(17)24/h1-4,10-16,20-27H,5-7,19H2/t10-,11+,12+,13+,14+,15-,16-,17+,18+/m0/s1. The van der Waals surface area contributed by atoms with E-state index in [4.69, 9.17) is 19.9 Å². The largest absolute Gasteiger partial charge is 0.462 e. The molecular formula is C18H27NO11. The third kappa shape index (κ3) is 3.44. The summed E-state index contributed by atoms with van der Waals surface area (Å²) in [5.41, 5.74) is 0.0161. The Morgan fingerprint density at radius 2 is 1.60 bits per heavy atom. The summed E-state index contributed by atoms with van der Waals surface area (Å²) in [4.78, 5) is 0. The van der Waals surface area contributed by atoms with Gasteiger partial charge in [0.05, 0.1) is 19.8 Å². The number of aliphatic hydroxyl groups is 8. The summed E-state index contributed by atoms with van der Waals surface area (Å²) < 4.78 is 16.1. The molecule has 170 valence electrons. The van der Waals surface area contributed by atoms with Crippen LogP contribution in [0.4, 0.5) is 5.69 Å². The van der Waals surface area contributed by atoms with Gasteiger partial charge >= 0.3 is 0 Å². The van der Waals surface area contributed by atoms with Crippen LogP contribution in [0.25, 0.3) is 0 Å². The normalized spacial score (nSPS) is 44.6. The number of aliphatic hydroxyl groups excluding tert-OH is 6. The summed E-state index contributed by atoms with van der Waals surface area (Å²) in [5, 5.41) is 83.6. The van der Waals surface area contributed by atoms with Gasteiger partial charge in [-0.1, -0.05) is 0 Å². The second kappa shape index (κ2) is 8.51. The molecule has 12 heteroatoms. The van der Waals surface area contributed by atoms with Crippen LogP contribution >= 0.6 is 0 Å². The predicted molar refractivity (Wildman–Crippen MR) is 98.0 cm³/mol. The van der Waals surface area contributed by atoms with E-state index < -0.39 is 73.9 Å². The Bertz CT molecular complexity index is 717. The molecule has 2 aliphatic rings. The molecule has 0 aliphatic carbocycles. The van der Waals surface area contributed by atoms with E-state index in [2.05, 4.69) is 0 Å². The van der Waals surface area contributed by atoms with Gasteiger partial charge in [-0.2, -0.15) is 0 Å². The van der Waals surface area contributed by atoms with Crippen LogP contribution in [0, 0.1) is 0 Å². The van der Waals surface area contributed by atoms with Gasteiger partial charge in [-0.15, -0.1) is 0 Å². The van der Waals surface area contributed by atoms with E-state index >= 15 is 0 Å². The van der Waals surface area contributed by atoms with Crippen molar-refractivity contribution in [1.82, 2.24) is 0 Å². The Morgan fingerprint density at radius 1 is 0.967 bits per heavy atom. The lowest BCUT2D eigenvalue weighted by Gasteiger charge is -2.58. The van der Waals surface area contributed by atoms with E-state index in [1.165, 1.54) is 24.3 Å². The molecule has 0 saturated carbocycles. The quantitative estimate of drug-likeness (QED) is 0.201. The molecule has 1 aromatic rings. The van der Waals surface area contributed by atoms with Crippen molar-refractivity contribution < 1.29 is 55.1 Å². The van der Waals surface area contributed by atoms with Crippen molar-refractivity contribution in [3.63, 3.8) is 0 Å². The molecule has 1 aromatic carbocycles. The molecule has 2 aliphatic heterocycles. The molecule has 9 atom stereocenters. The van der Waals surface area contributed by atoms with Crippen molar-refractivity contribution in [3.8, 4) is 5.75 Å². The Hall–Kier alpha value is -1.58. The molecule has 12 nitrogen and oxygen atoms in total. The summed E-state index contributed by atoms with van der Waals surface area (Å²) in [6.45, 7) is -2.18. The van der Waals surface area contributed by atoms with E-state index in [0.29, 0.717) is 5.69 Å². The fourth-order valence-electron chi connectivity index (χ4n) is 3.91. The number of benzene rings is 1. The molecule has 2 fully saturated rings. The van der Waals surface area contributed by atoms with Gasteiger partial charge < -0.3 is 60.8 Å². The zero-order chi connectivity index (χ0) is 22.3. The fraction of sp³-hybridized carbons (Fsp3) is 0.667. The molecule has 0 spiro atoms. The van der Waals surface area contributed by atoms with E-state index in [1.54, 1.807) is 0 Å². The first-order valence-electron chi connectivity index (χ1n) is 9.29. The van der Waals surface area contributed by atoms with E-state index in [9.17, 15) is 40.9 Å². The molecule has 3 rings (SSSR count). The minimum Gasteiger partial charge on any atom is -0.462 e. The highest BCUT2D eigenvalue weighted by Crippen LogP contribution is 2.45. The Morgan fingerprint density at radius 3 is 2.17 bits per heavy atom. The second-order valence-electron chi connectivity index (χ2n) is 7.48. The van der Waals surface area contributed by atoms with Crippen LogP contribution in [0.1, 0.15) is 0 Å². The van der Waals surface area contributed by atoms with Crippen LogP contribution in [0.5, 0.6) is 5.75 Å². The summed E-state index contributed by atoms with van der Waals surface area (Å²) in [6.07, 6.45) is -13.2. The highest BCUT2D eigenvalue weighted by molar-refractivity contribution is 5.41. The maximum Gasteiger partial charge on any atom is 0.235 e. The molecule has 0 bridgehead atoms. The van der Waals surface area contributed by atoms with Crippen LogP contribution < -0.4 is 10.5 Å². The smallest absolute Gasteiger partial charge is 0.235 e. The average molecular weight is 433 g/mol. The predicted octanol–water partition coefficient (Wildman–Crippen LogP) is -4.34. The Kier molecular flexibility index (Phi) is 6.55. The second-order valence-corrected chi connectivity index (χ2v) is 7.48. The molecule has 0 radical (unpaired) electrons. The van der Waals surface area contributed by atoms with Crippen molar-refractivity contribution in [2.24, 2.45) is 0 Å². The first-order chi connectivity index (χ1) is 14.1. The average Bonchev–Trinajstić information content (AvgIpc) is 2.74. The van der Waals surface area contributed by atoms with Crippen molar-refractivity contribution in [2.75, 3.05) is 25.6 Å². The van der Waals surface area contributed by atoms with Gasteiger partial charge in [0.15, 0.2) is 11.2 Å². The zero-order valence-corrected chi connectivity index (χ0v) is 15.9. The van der Waals surface area contributed by atoms with Crippen molar-refractivity contribution in [3.05, 3.63) is 24.3 Å². The van der Waals surface area contributed by atoms with Gasteiger partial charge in [-0.3, -0.25) is 0 Å². The van der Waals surface area contributed by atoms with Crippen molar-refractivity contribution >= 4 is 5.69 Å². The molecule has 0 aromatic heterocycles. The first-order valence-corrected chi connectivity index (χ1v) is 9.29. The Labute approximate surface area is 171 Å². The topological polar surface area (TPSA) is 216 Å². The van der Waals surface area contributed by atoms with E-state index in [1.807, 2.05) is 0 Å². The van der Waals surface area contributed by atoms with Gasteiger partial charge in [-0.25, -0.2) is 0 Å². The van der Waals surface area contributed by atoms with Gasteiger partial charge in [0.25, 0.3) is 0 Å². The lowest BCUT2D eigenvalue weighted by atomic mass is 9.66. The molecule has 10 N–H and O–H groups in total. The van der Waals surface area contributed by atoms with Crippen LogP contribution in [-0.2, 0) is 9.47 Å². The first kappa shape index (κ1) is 23.1. The fourth-order valence-corrected chi connectivity index (χ4v) is 3.91. The van der Waals surface area contributed by atoms with Crippen LogP contribution in [0.2, 0.25) is 0 Å². The number of hydrogen-bond acceptors (Lipinski definition) is 12. The number of rotatable bonds is 5. The maximum absolute atomic E-state index is 11.5. The molecule has 0 unspecified atom stereocenters. The number of hydrogen-bond donors (Lipinski definition) is 9. The summed E-state index contributed by atoms with van der Waals surface area (Å²) in [7, 11) is 0. The summed E-state index contributed by atoms with van der Waals surface area (Å²) in [5.74, 6) is 0.0591. The lowest BCUT2D eigenvalue weighted by Crippen LogP contribution is -2.84. The van der Waals surface area contributed by atoms with Crippen LogP contribution in [0.15, 0.2) is 24.3 Å². The third-order valence-corrected chi connectivity index (χ3v) is 5.70. The highest BCUT2D eigenvalue weighted by atomic mass is 16.7. The van der Waals surface area contributed by atoms with E-state index in [0.717, 1.165) is 0 Å². The molecule has 2 heterocycles. The number of ether oxygens (including phenoxy) is 3. The van der Waals surface area contributed by atoms with Gasteiger partial charge in [-0.05, 0) is 24.3 Å². The monoisotopic (exact) mass is 433 g/mol. The van der Waals surface area contributed by atoms with E-state index in [-0.39, 0.29) is 5.75 Å². The lowest BCUT2D eigenvalue weighted by molar-refractivity contribution is -0.402. The minimum absolute atomic E-state index is 0.0591. The van der Waals surface area contributed by atoms with Gasteiger partial charge in [0, 0.05) is 5.69 Å². The van der Waals surface area contributed by atoms with Crippen LogP contribution in [0.3, 0.4) is 0 Å².